The molecule has 37 heavy (non-hydrogen) atoms. The third kappa shape index (κ3) is 9.95. The second kappa shape index (κ2) is 13.0. The Balaban J connectivity index is 1.71. The van der Waals surface area contributed by atoms with Crippen LogP contribution in [-0.4, -0.2) is 68.8 Å². The van der Waals surface area contributed by atoms with E-state index in [9.17, 15) is 37.5 Å². The monoisotopic (exact) mass is 534 g/mol. The Morgan fingerprint density at radius 2 is 1.30 bits per heavy atom. The number of primary sulfonamides is 1. The van der Waals surface area contributed by atoms with Crippen LogP contribution >= 0.6 is 0 Å². The molecule has 4 amide bonds. The number of hydrogen-bond acceptors (Lipinski definition) is 8. The van der Waals surface area contributed by atoms with Crippen molar-refractivity contribution in [1.29, 1.82) is 0 Å². The molecule has 15 heteroatoms. The highest BCUT2D eigenvalue weighted by molar-refractivity contribution is 7.89. The quantitative estimate of drug-likeness (QED) is 0.145. The zero-order valence-corrected chi connectivity index (χ0v) is 20.2. The number of carbonyl (C=O) groups is 5. The molecule has 1 atom stereocenters. The van der Waals surface area contributed by atoms with Crippen molar-refractivity contribution in [3.8, 4) is 0 Å². The van der Waals surface area contributed by atoms with Crippen LogP contribution in [-0.2, 0) is 35.6 Å². The molecule has 9 N–H and O–H groups in total. The molecule has 0 aromatic heterocycles. The number of nitrogen functional groups attached to an aromatic ring is 1. The predicted molar refractivity (Wildman–Crippen MR) is 130 cm³/mol. The summed E-state index contributed by atoms with van der Waals surface area (Å²) in [6.45, 7) is -1.50. The van der Waals surface area contributed by atoms with Crippen molar-refractivity contribution in [1.82, 2.24) is 21.3 Å². The first-order chi connectivity index (χ1) is 17.3. The number of carboxylic acids is 1. The molecule has 1 unspecified atom stereocenters. The summed E-state index contributed by atoms with van der Waals surface area (Å²) < 4.78 is 22.5. The molecule has 0 spiro atoms. The third-order valence-electron chi connectivity index (χ3n) is 4.80. The van der Waals surface area contributed by atoms with Gasteiger partial charge in [0, 0.05) is 17.7 Å². The molecule has 0 saturated carbocycles. The van der Waals surface area contributed by atoms with Gasteiger partial charge in [0.1, 0.15) is 6.04 Å². The second-order valence-electron chi connectivity index (χ2n) is 7.71. The SMILES string of the molecule is Nc1ccc(CC(NC(=O)CNC(=O)CNC(=O)CNC(=O)c2ccc(S(N)(=O)=O)cc2)C(=O)O)cc1. The van der Waals surface area contributed by atoms with E-state index in [4.69, 9.17) is 10.9 Å². The van der Waals surface area contributed by atoms with Crippen molar-refractivity contribution < 1.29 is 37.5 Å². The number of sulfonamides is 1. The predicted octanol–water partition coefficient (Wildman–Crippen LogP) is -2.31. The van der Waals surface area contributed by atoms with E-state index in [1.54, 1.807) is 24.3 Å². The van der Waals surface area contributed by atoms with Crippen molar-refractivity contribution in [3.63, 3.8) is 0 Å². The minimum Gasteiger partial charge on any atom is -0.480 e. The standard InChI is InChI=1S/C22H26N6O8S/c23-15-5-1-13(2-6-15)9-17(22(33)34)28-20(31)12-26-18(29)10-25-19(30)11-27-21(32)14-3-7-16(8-4-14)37(24,35)36/h1-8,17H,9-12,23H2,(H,25,30)(H,26,29)(H,27,32)(H,28,31)(H,33,34)(H2,24,35,36). The van der Waals surface area contributed by atoms with Gasteiger partial charge < -0.3 is 32.1 Å². The molecule has 0 fully saturated rings. The largest absolute Gasteiger partial charge is 0.480 e. The maximum Gasteiger partial charge on any atom is 0.326 e. The van der Waals surface area contributed by atoms with Crippen LogP contribution in [0.4, 0.5) is 5.69 Å². The zero-order valence-electron chi connectivity index (χ0n) is 19.4. The molecule has 198 valence electrons. The number of aliphatic carboxylic acids is 1. The summed E-state index contributed by atoms with van der Waals surface area (Å²) in [5, 5.41) is 23.4. The lowest BCUT2D eigenvalue weighted by Gasteiger charge is -2.15. The average molecular weight is 535 g/mol. The summed E-state index contributed by atoms with van der Waals surface area (Å²) in [4.78, 5) is 59.1. The number of hydrogen-bond donors (Lipinski definition) is 7. The van der Waals surface area contributed by atoms with Crippen molar-refractivity contribution in [2.45, 2.75) is 17.4 Å². The minimum atomic E-state index is -3.91. The van der Waals surface area contributed by atoms with Crippen LogP contribution in [0, 0.1) is 0 Å². The fourth-order valence-electron chi connectivity index (χ4n) is 2.88. The van der Waals surface area contributed by atoms with Gasteiger partial charge >= 0.3 is 5.97 Å². The number of amides is 4. The lowest BCUT2D eigenvalue weighted by molar-refractivity contribution is -0.141. The summed E-state index contributed by atoms with van der Waals surface area (Å²) >= 11 is 0. The number of nitrogens with one attached hydrogen (secondary N) is 4. The maximum absolute atomic E-state index is 12.0. The second-order valence-corrected chi connectivity index (χ2v) is 9.27. The lowest BCUT2D eigenvalue weighted by Crippen LogP contribution is -2.48. The van der Waals surface area contributed by atoms with Gasteiger partial charge in [0.25, 0.3) is 5.91 Å². The molecule has 2 aromatic carbocycles. The molecule has 0 radical (unpaired) electrons. The number of carbonyl (C=O) groups excluding carboxylic acids is 4. The highest BCUT2D eigenvalue weighted by Crippen LogP contribution is 2.09. The van der Waals surface area contributed by atoms with Crippen LogP contribution in [0.2, 0.25) is 0 Å². The molecule has 2 aromatic rings. The molecule has 0 aliphatic heterocycles. The van der Waals surface area contributed by atoms with Gasteiger partial charge in [-0.15, -0.1) is 0 Å². The Labute approximate surface area is 211 Å². The van der Waals surface area contributed by atoms with Gasteiger partial charge in [-0.2, -0.15) is 0 Å². The molecule has 0 aliphatic rings. The van der Waals surface area contributed by atoms with Gasteiger partial charge in [0.05, 0.1) is 24.5 Å². The fraction of sp³-hybridized carbons (Fsp3) is 0.227. The van der Waals surface area contributed by atoms with Crippen molar-refractivity contribution in [2.75, 3.05) is 25.4 Å². The highest BCUT2D eigenvalue weighted by Gasteiger charge is 2.21. The fourth-order valence-corrected chi connectivity index (χ4v) is 3.39. The smallest absolute Gasteiger partial charge is 0.326 e. The van der Waals surface area contributed by atoms with E-state index in [0.29, 0.717) is 11.3 Å². The van der Waals surface area contributed by atoms with Gasteiger partial charge in [-0.25, -0.2) is 18.4 Å². The molecule has 0 bridgehead atoms. The van der Waals surface area contributed by atoms with E-state index in [0.717, 1.165) is 12.1 Å². The van der Waals surface area contributed by atoms with Crippen LogP contribution in [0.15, 0.2) is 53.4 Å². The Bertz CT molecular complexity index is 1260. The van der Waals surface area contributed by atoms with Crippen molar-refractivity contribution in [2.24, 2.45) is 5.14 Å². The van der Waals surface area contributed by atoms with Crippen LogP contribution < -0.4 is 32.1 Å². The zero-order chi connectivity index (χ0) is 27.6. The topological polar surface area (TPSA) is 240 Å². The molecular formula is C22H26N6O8S. The van der Waals surface area contributed by atoms with Gasteiger partial charge in [0.15, 0.2) is 0 Å². The highest BCUT2D eigenvalue weighted by atomic mass is 32.2. The first-order valence-corrected chi connectivity index (χ1v) is 12.2. The van der Waals surface area contributed by atoms with Crippen LogP contribution in [0.25, 0.3) is 0 Å². The van der Waals surface area contributed by atoms with Crippen LogP contribution in [0.1, 0.15) is 15.9 Å². The van der Waals surface area contributed by atoms with Gasteiger partial charge in [-0.1, -0.05) is 12.1 Å². The van der Waals surface area contributed by atoms with E-state index in [-0.39, 0.29) is 16.9 Å². The van der Waals surface area contributed by atoms with Crippen molar-refractivity contribution in [3.05, 3.63) is 59.7 Å². The Kier molecular flexibility index (Phi) is 10.1. The number of anilines is 1. The Morgan fingerprint density at radius 3 is 1.81 bits per heavy atom. The molecule has 14 nitrogen and oxygen atoms in total. The van der Waals surface area contributed by atoms with Gasteiger partial charge in [0.2, 0.25) is 27.7 Å². The van der Waals surface area contributed by atoms with E-state index in [1.807, 2.05) is 0 Å². The lowest BCUT2D eigenvalue weighted by atomic mass is 10.1. The summed E-state index contributed by atoms with van der Waals surface area (Å²) in [6.07, 6.45) is 0.00728. The van der Waals surface area contributed by atoms with E-state index in [1.165, 1.54) is 12.1 Å². The summed E-state index contributed by atoms with van der Waals surface area (Å²) in [7, 11) is -3.91. The molecule has 0 heterocycles. The summed E-state index contributed by atoms with van der Waals surface area (Å²) in [5.41, 5.74) is 6.82. The Hall–Kier alpha value is -4.50. The normalized spacial score (nSPS) is 11.6. The van der Waals surface area contributed by atoms with Gasteiger partial charge in [-0.05, 0) is 42.0 Å². The minimum absolute atomic E-state index is 0.00728. The number of benzene rings is 2. The number of carboxylic acid groups (broad SMARTS) is 1. The third-order valence-corrected chi connectivity index (χ3v) is 5.73. The van der Waals surface area contributed by atoms with E-state index >= 15 is 0 Å². The first-order valence-electron chi connectivity index (χ1n) is 10.7. The molecule has 2 rings (SSSR count). The van der Waals surface area contributed by atoms with Crippen molar-refractivity contribution >= 4 is 45.3 Å². The van der Waals surface area contributed by atoms with E-state index in [2.05, 4.69) is 21.3 Å². The van der Waals surface area contributed by atoms with Crippen LogP contribution in [0.3, 0.4) is 0 Å². The Morgan fingerprint density at radius 1 is 0.784 bits per heavy atom. The van der Waals surface area contributed by atoms with Crippen LogP contribution in [0.5, 0.6) is 0 Å². The summed E-state index contributed by atoms with van der Waals surface area (Å²) in [6, 6.07) is 9.96. The first kappa shape index (κ1) is 28.7. The van der Waals surface area contributed by atoms with Gasteiger partial charge in [-0.3, -0.25) is 19.2 Å². The van der Waals surface area contributed by atoms with E-state index < -0.39 is 65.3 Å². The summed E-state index contributed by atoms with van der Waals surface area (Å²) in [5.74, 6) is -4.10. The molecule has 0 aliphatic carbocycles. The molecular weight excluding hydrogens is 508 g/mol. The maximum atomic E-state index is 12.0. The number of nitrogens with two attached hydrogens (primary N) is 2. The number of rotatable bonds is 12. The molecule has 0 saturated heterocycles. The average Bonchev–Trinajstić information content (AvgIpc) is 2.85.